The highest BCUT2D eigenvalue weighted by atomic mass is 35.5. The lowest BCUT2D eigenvalue weighted by Crippen LogP contribution is -2.47. The molecule has 2 aromatic carbocycles. The Kier molecular flexibility index (Phi) is 8.04. The van der Waals surface area contributed by atoms with Gasteiger partial charge in [0.1, 0.15) is 6.04 Å². The zero-order chi connectivity index (χ0) is 27.4. The molecule has 196 valence electrons. The fraction of sp³-hybridized carbons (Fsp3) is 0.0714. The second kappa shape index (κ2) is 11.8. The zero-order valence-electron chi connectivity index (χ0n) is 20.2. The van der Waals surface area contributed by atoms with E-state index in [0.717, 1.165) is 21.7 Å². The van der Waals surface area contributed by atoms with E-state index in [9.17, 15) is 14.8 Å². The summed E-state index contributed by atoms with van der Waals surface area (Å²) in [5.74, 6) is -1.15. The summed E-state index contributed by atoms with van der Waals surface area (Å²) < 4.78 is 1.73. The molecule has 0 radical (unpaired) electrons. The molecular weight excluding hydrogens is 557 g/mol. The molecule has 0 saturated heterocycles. The van der Waals surface area contributed by atoms with Crippen LogP contribution >= 0.6 is 34.5 Å². The molecular formula is C28H21Cl2N5O3S. The summed E-state index contributed by atoms with van der Waals surface area (Å²) in [6.45, 7) is 0. The van der Waals surface area contributed by atoms with Crippen molar-refractivity contribution >= 4 is 46.4 Å². The molecule has 5 aromatic rings. The fourth-order valence-corrected chi connectivity index (χ4v) is 5.19. The first-order valence-electron chi connectivity index (χ1n) is 11.8. The largest absolute Gasteiger partial charge is 0.339 e. The number of benzene rings is 2. The molecule has 1 atom stereocenters. The van der Waals surface area contributed by atoms with E-state index in [2.05, 4.69) is 10.3 Å². The number of thiophene rings is 1. The predicted molar refractivity (Wildman–Crippen MR) is 151 cm³/mol. The highest BCUT2D eigenvalue weighted by molar-refractivity contribution is 7.17. The van der Waals surface area contributed by atoms with Gasteiger partial charge in [-0.3, -0.25) is 19.8 Å². The molecule has 0 spiro atoms. The van der Waals surface area contributed by atoms with Crippen molar-refractivity contribution in [3.8, 4) is 27.5 Å². The van der Waals surface area contributed by atoms with E-state index in [4.69, 9.17) is 28.3 Å². The van der Waals surface area contributed by atoms with E-state index in [0.29, 0.717) is 26.3 Å². The third-order valence-corrected chi connectivity index (χ3v) is 7.76. The summed E-state index contributed by atoms with van der Waals surface area (Å²) >= 11 is 13.7. The summed E-state index contributed by atoms with van der Waals surface area (Å²) in [7, 11) is 0. The lowest BCUT2D eigenvalue weighted by molar-refractivity contribution is -0.131. The minimum Gasteiger partial charge on any atom is -0.339 e. The molecule has 0 fully saturated rings. The summed E-state index contributed by atoms with van der Waals surface area (Å²) in [5, 5.41) is 17.5. The normalized spacial score (nSPS) is 11.7. The first-order chi connectivity index (χ1) is 18.9. The van der Waals surface area contributed by atoms with E-state index >= 15 is 0 Å². The van der Waals surface area contributed by atoms with Crippen molar-refractivity contribution in [2.75, 3.05) is 0 Å². The van der Waals surface area contributed by atoms with Crippen LogP contribution < -0.4 is 10.8 Å². The highest BCUT2D eigenvalue weighted by Crippen LogP contribution is 2.34. The van der Waals surface area contributed by atoms with Crippen LogP contribution in [0.2, 0.25) is 10.0 Å². The van der Waals surface area contributed by atoms with Gasteiger partial charge in [0.15, 0.2) is 0 Å². The third kappa shape index (κ3) is 6.02. The summed E-state index contributed by atoms with van der Waals surface area (Å²) in [6.07, 6.45) is 3.63. The van der Waals surface area contributed by atoms with Crippen molar-refractivity contribution in [3.05, 3.63) is 112 Å². The molecule has 3 aromatic heterocycles. The molecule has 11 heteroatoms. The summed E-state index contributed by atoms with van der Waals surface area (Å²) in [6, 6.07) is 22.6. The standard InChI is InChI=1S/C28H21Cl2N5O3S/c29-20-9-8-19(14-21(20)30)35-24(15-22(33-35)18-7-4-12-31-16-18)25-10-11-26(39-25)28(37)32-23(27(36)34-38)13-17-5-2-1-3-6-17/h1-12,14-16,23,38H,13H2,(H,32,37)(H,34,36). The number of carbonyl (C=O) groups is 2. The molecule has 8 nitrogen and oxygen atoms in total. The smallest absolute Gasteiger partial charge is 0.266 e. The maximum atomic E-state index is 13.1. The Morgan fingerprint density at radius 2 is 1.79 bits per heavy atom. The topological polar surface area (TPSA) is 109 Å². The van der Waals surface area contributed by atoms with Gasteiger partial charge < -0.3 is 5.32 Å². The number of pyridine rings is 1. The predicted octanol–water partition coefficient (Wildman–Crippen LogP) is 5.82. The Balaban J connectivity index is 1.46. The zero-order valence-corrected chi connectivity index (χ0v) is 22.5. The van der Waals surface area contributed by atoms with E-state index in [1.165, 1.54) is 11.3 Å². The lowest BCUT2D eigenvalue weighted by Gasteiger charge is -2.16. The molecule has 3 N–H and O–H groups in total. The van der Waals surface area contributed by atoms with Crippen LogP contribution in [-0.2, 0) is 11.2 Å². The number of rotatable bonds is 8. The van der Waals surface area contributed by atoms with Gasteiger partial charge in [-0.15, -0.1) is 11.3 Å². The number of hydroxylamine groups is 1. The SMILES string of the molecule is O=C(NC(Cc1ccccc1)C(=O)NO)c1ccc(-c2cc(-c3cccnc3)nn2-c2ccc(Cl)c(Cl)c2)s1. The van der Waals surface area contributed by atoms with Crippen molar-refractivity contribution in [1.29, 1.82) is 0 Å². The average molecular weight is 578 g/mol. The number of nitrogens with one attached hydrogen (secondary N) is 2. The van der Waals surface area contributed by atoms with Crippen LogP contribution in [0.5, 0.6) is 0 Å². The van der Waals surface area contributed by atoms with Crippen LogP contribution in [0.25, 0.3) is 27.5 Å². The number of aromatic nitrogens is 3. The van der Waals surface area contributed by atoms with E-state index in [-0.39, 0.29) is 6.42 Å². The number of hydrogen-bond acceptors (Lipinski definition) is 6. The molecule has 5 rings (SSSR count). The van der Waals surface area contributed by atoms with Crippen molar-refractivity contribution in [1.82, 2.24) is 25.6 Å². The van der Waals surface area contributed by atoms with Crippen LogP contribution in [0.15, 0.2) is 91.3 Å². The Morgan fingerprint density at radius 3 is 2.51 bits per heavy atom. The van der Waals surface area contributed by atoms with Gasteiger partial charge in [-0.05, 0) is 54.1 Å². The van der Waals surface area contributed by atoms with Crippen molar-refractivity contribution in [3.63, 3.8) is 0 Å². The van der Waals surface area contributed by atoms with Gasteiger partial charge in [0.05, 0.1) is 36.9 Å². The average Bonchev–Trinajstić information content (AvgIpc) is 3.63. The quantitative estimate of drug-likeness (QED) is 0.159. The minimum absolute atomic E-state index is 0.218. The minimum atomic E-state index is -0.964. The molecule has 1 unspecified atom stereocenters. The van der Waals surface area contributed by atoms with Crippen molar-refractivity contribution < 1.29 is 14.8 Å². The molecule has 2 amide bonds. The van der Waals surface area contributed by atoms with Crippen LogP contribution in [0.1, 0.15) is 15.2 Å². The first-order valence-corrected chi connectivity index (χ1v) is 13.3. The number of hydrogen-bond donors (Lipinski definition) is 3. The van der Waals surface area contributed by atoms with Gasteiger partial charge in [0.2, 0.25) is 0 Å². The Bertz CT molecular complexity index is 1620. The van der Waals surface area contributed by atoms with Crippen LogP contribution in [0, 0.1) is 0 Å². The van der Waals surface area contributed by atoms with E-state index < -0.39 is 17.9 Å². The van der Waals surface area contributed by atoms with Gasteiger partial charge >= 0.3 is 0 Å². The van der Waals surface area contributed by atoms with Crippen molar-refractivity contribution in [2.45, 2.75) is 12.5 Å². The maximum Gasteiger partial charge on any atom is 0.266 e. The van der Waals surface area contributed by atoms with Gasteiger partial charge in [0.25, 0.3) is 11.8 Å². The molecule has 0 bridgehead atoms. The van der Waals surface area contributed by atoms with E-state index in [1.807, 2.05) is 54.6 Å². The first kappa shape index (κ1) is 26.6. The Hall–Kier alpha value is -4.02. The summed E-state index contributed by atoms with van der Waals surface area (Å²) in [4.78, 5) is 30.8. The van der Waals surface area contributed by atoms with Gasteiger partial charge in [0, 0.05) is 24.4 Å². The van der Waals surface area contributed by atoms with Crippen LogP contribution in [0.4, 0.5) is 0 Å². The number of carbonyl (C=O) groups excluding carboxylic acids is 2. The lowest BCUT2D eigenvalue weighted by atomic mass is 10.1. The number of amides is 2. The molecule has 3 heterocycles. The molecule has 0 aliphatic carbocycles. The van der Waals surface area contributed by atoms with E-state index in [1.54, 1.807) is 46.8 Å². The van der Waals surface area contributed by atoms with Crippen LogP contribution in [0.3, 0.4) is 0 Å². The number of halogens is 2. The van der Waals surface area contributed by atoms with Crippen molar-refractivity contribution in [2.24, 2.45) is 0 Å². The highest BCUT2D eigenvalue weighted by Gasteiger charge is 2.23. The van der Waals surface area contributed by atoms with Crippen LogP contribution in [-0.4, -0.2) is 37.8 Å². The molecule has 0 aliphatic heterocycles. The Morgan fingerprint density at radius 1 is 0.974 bits per heavy atom. The molecule has 0 aliphatic rings. The van der Waals surface area contributed by atoms with Gasteiger partial charge in [-0.1, -0.05) is 53.5 Å². The monoisotopic (exact) mass is 577 g/mol. The third-order valence-electron chi connectivity index (χ3n) is 5.91. The molecule has 0 saturated carbocycles. The summed E-state index contributed by atoms with van der Waals surface area (Å²) in [5.41, 5.74) is 5.41. The second-order valence-electron chi connectivity index (χ2n) is 8.52. The van der Waals surface area contributed by atoms with Gasteiger partial charge in [-0.25, -0.2) is 10.2 Å². The number of nitrogens with zero attached hydrogens (tertiary/aromatic N) is 3. The molecule has 39 heavy (non-hydrogen) atoms. The second-order valence-corrected chi connectivity index (χ2v) is 10.4. The van der Waals surface area contributed by atoms with Gasteiger partial charge in [-0.2, -0.15) is 5.10 Å². The Labute approximate surface area is 237 Å². The maximum absolute atomic E-state index is 13.1. The fourth-order valence-electron chi connectivity index (χ4n) is 3.99.